The average molecular weight is 306 g/mol. The number of pyridine rings is 1. The Bertz CT molecular complexity index is 800. The first-order valence-corrected chi connectivity index (χ1v) is 7.58. The molecule has 1 aromatic carbocycles. The molecule has 0 amide bonds. The Kier molecular flexibility index (Phi) is 3.95. The first kappa shape index (κ1) is 15.0. The van der Waals surface area contributed by atoms with E-state index in [0.29, 0.717) is 5.56 Å². The Morgan fingerprint density at radius 3 is 2.57 bits per heavy atom. The molecule has 1 aromatic heterocycles. The summed E-state index contributed by atoms with van der Waals surface area (Å²) in [5.41, 5.74) is 1.32. The normalized spacial score (nSPS) is 11.1. The quantitative estimate of drug-likeness (QED) is 0.902. The summed E-state index contributed by atoms with van der Waals surface area (Å²) in [6.07, 6.45) is 1.33. The summed E-state index contributed by atoms with van der Waals surface area (Å²) in [5.74, 6) is -1.45. The standard InChI is InChI=1S/C14H14N2O4S/c1-9-5-6-12(10(2)8-9)21(19,20)16-13-11(14(17)18)4-3-7-15-13/h3-8H,1-2H3,(H,15,16)(H,17,18). The van der Waals surface area contributed by atoms with Crippen molar-refractivity contribution in [2.24, 2.45) is 0 Å². The number of anilines is 1. The lowest BCUT2D eigenvalue weighted by Gasteiger charge is -2.11. The Labute approximate surface area is 122 Å². The van der Waals surface area contributed by atoms with Crippen LogP contribution in [0.2, 0.25) is 0 Å². The van der Waals surface area contributed by atoms with Crippen molar-refractivity contribution in [2.75, 3.05) is 4.72 Å². The number of aromatic nitrogens is 1. The summed E-state index contributed by atoms with van der Waals surface area (Å²) in [6.45, 7) is 3.54. The van der Waals surface area contributed by atoms with Gasteiger partial charge >= 0.3 is 5.97 Å². The van der Waals surface area contributed by atoms with Crippen LogP contribution in [0.5, 0.6) is 0 Å². The fraction of sp³-hybridized carbons (Fsp3) is 0.143. The summed E-state index contributed by atoms with van der Waals surface area (Å²) in [5, 5.41) is 9.05. The molecule has 21 heavy (non-hydrogen) atoms. The van der Waals surface area contributed by atoms with Gasteiger partial charge in [0.2, 0.25) is 0 Å². The predicted molar refractivity (Wildman–Crippen MR) is 77.9 cm³/mol. The molecule has 2 N–H and O–H groups in total. The van der Waals surface area contributed by atoms with Gasteiger partial charge in [0.1, 0.15) is 5.56 Å². The van der Waals surface area contributed by atoms with Gasteiger partial charge in [-0.3, -0.25) is 4.72 Å². The molecule has 6 nitrogen and oxygen atoms in total. The van der Waals surface area contributed by atoms with Gasteiger partial charge in [0.15, 0.2) is 5.82 Å². The van der Waals surface area contributed by atoms with E-state index in [4.69, 9.17) is 5.11 Å². The maximum Gasteiger partial charge on any atom is 0.339 e. The molecule has 0 aliphatic carbocycles. The molecule has 0 bridgehead atoms. The van der Waals surface area contributed by atoms with E-state index in [0.717, 1.165) is 5.56 Å². The van der Waals surface area contributed by atoms with Crippen LogP contribution in [0.1, 0.15) is 21.5 Å². The highest BCUT2D eigenvalue weighted by Gasteiger charge is 2.20. The van der Waals surface area contributed by atoms with Crippen LogP contribution in [-0.2, 0) is 10.0 Å². The van der Waals surface area contributed by atoms with Crippen LogP contribution in [-0.4, -0.2) is 24.5 Å². The molecule has 110 valence electrons. The zero-order chi connectivity index (χ0) is 15.6. The molecule has 0 saturated heterocycles. The van der Waals surface area contributed by atoms with E-state index in [9.17, 15) is 13.2 Å². The number of carboxylic acid groups (broad SMARTS) is 1. The first-order valence-electron chi connectivity index (χ1n) is 6.09. The first-order chi connectivity index (χ1) is 9.81. The van der Waals surface area contributed by atoms with Crippen molar-refractivity contribution in [3.63, 3.8) is 0 Å². The monoisotopic (exact) mass is 306 g/mol. The molecule has 2 aromatic rings. The van der Waals surface area contributed by atoms with Gasteiger partial charge in [-0.25, -0.2) is 18.2 Å². The maximum atomic E-state index is 12.4. The summed E-state index contributed by atoms with van der Waals surface area (Å²) in [7, 11) is -3.89. The number of aromatic carboxylic acids is 1. The van der Waals surface area contributed by atoms with Crippen molar-refractivity contribution in [3.05, 3.63) is 53.2 Å². The molecule has 0 saturated carbocycles. The third kappa shape index (κ3) is 3.19. The molecule has 0 unspecified atom stereocenters. The van der Waals surface area contributed by atoms with E-state index in [1.165, 1.54) is 24.4 Å². The fourth-order valence-corrected chi connectivity index (χ4v) is 3.20. The molecule has 0 spiro atoms. The van der Waals surface area contributed by atoms with Crippen LogP contribution in [0.15, 0.2) is 41.4 Å². The molecule has 0 aliphatic heterocycles. The minimum atomic E-state index is -3.89. The number of sulfonamides is 1. The van der Waals surface area contributed by atoms with Gasteiger partial charge in [0.05, 0.1) is 4.90 Å². The van der Waals surface area contributed by atoms with E-state index in [2.05, 4.69) is 9.71 Å². The molecule has 0 fully saturated rings. The number of rotatable bonds is 4. The Morgan fingerprint density at radius 1 is 1.24 bits per heavy atom. The second-order valence-electron chi connectivity index (χ2n) is 4.58. The van der Waals surface area contributed by atoms with E-state index in [1.54, 1.807) is 19.1 Å². The zero-order valence-corrected chi connectivity index (χ0v) is 12.3. The van der Waals surface area contributed by atoms with Crippen LogP contribution < -0.4 is 4.72 Å². The van der Waals surface area contributed by atoms with Crippen LogP contribution >= 0.6 is 0 Å². The molecular weight excluding hydrogens is 292 g/mol. The second kappa shape index (κ2) is 5.53. The van der Waals surface area contributed by atoms with Crippen LogP contribution in [0, 0.1) is 13.8 Å². The molecular formula is C14H14N2O4S. The van der Waals surface area contributed by atoms with Crippen LogP contribution in [0.25, 0.3) is 0 Å². The predicted octanol–water partition coefficient (Wildman–Crippen LogP) is 2.20. The molecule has 2 rings (SSSR count). The van der Waals surface area contributed by atoms with Gasteiger partial charge in [-0.15, -0.1) is 0 Å². The van der Waals surface area contributed by atoms with Gasteiger partial charge in [0.25, 0.3) is 10.0 Å². The zero-order valence-electron chi connectivity index (χ0n) is 11.5. The Balaban J connectivity index is 2.45. The van der Waals surface area contributed by atoms with Gasteiger partial charge in [-0.05, 0) is 37.6 Å². The second-order valence-corrected chi connectivity index (χ2v) is 6.23. The van der Waals surface area contributed by atoms with E-state index in [1.807, 2.05) is 6.92 Å². The lowest BCUT2D eigenvalue weighted by molar-refractivity contribution is 0.0697. The van der Waals surface area contributed by atoms with E-state index >= 15 is 0 Å². The minimum Gasteiger partial charge on any atom is -0.478 e. The molecule has 0 aliphatic rings. The van der Waals surface area contributed by atoms with E-state index < -0.39 is 16.0 Å². The third-order valence-corrected chi connectivity index (χ3v) is 4.39. The highest BCUT2D eigenvalue weighted by molar-refractivity contribution is 7.92. The lowest BCUT2D eigenvalue weighted by atomic mass is 10.2. The van der Waals surface area contributed by atoms with Gasteiger partial charge < -0.3 is 5.11 Å². The highest BCUT2D eigenvalue weighted by atomic mass is 32.2. The highest BCUT2D eigenvalue weighted by Crippen LogP contribution is 2.21. The minimum absolute atomic E-state index is 0.0927. The van der Waals surface area contributed by atoms with E-state index in [-0.39, 0.29) is 16.3 Å². The SMILES string of the molecule is Cc1ccc(S(=O)(=O)Nc2ncccc2C(=O)O)c(C)c1. The van der Waals surface area contributed by atoms with Gasteiger partial charge in [0, 0.05) is 6.20 Å². The van der Waals surface area contributed by atoms with Crippen molar-refractivity contribution >= 4 is 21.8 Å². The van der Waals surface area contributed by atoms with Gasteiger partial charge in [-0.1, -0.05) is 17.7 Å². The number of carboxylic acids is 1. The third-order valence-electron chi connectivity index (χ3n) is 2.89. The number of carbonyl (C=O) groups is 1. The van der Waals surface area contributed by atoms with Crippen molar-refractivity contribution < 1.29 is 18.3 Å². The van der Waals surface area contributed by atoms with Crippen molar-refractivity contribution in [2.45, 2.75) is 18.7 Å². The number of nitrogens with zero attached hydrogens (tertiary/aromatic N) is 1. The van der Waals surface area contributed by atoms with Crippen molar-refractivity contribution in [1.82, 2.24) is 4.98 Å². The smallest absolute Gasteiger partial charge is 0.339 e. The number of benzene rings is 1. The largest absolute Gasteiger partial charge is 0.478 e. The molecule has 1 heterocycles. The number of nitrogens with one attached hydrogen (secondary N) is 1. The number of hydrogen-bond acceptors (Lipinski definition) is 4. The summed E-state index contributed by atoms with van der Waals surface area (Å²) >= 11 is 0. The maximum absolute atomic E-state index is 12.4. The molecule has 0 atom stereocenters. The molecule has 0 radical (unpaired) electrons. The average Bonchev–Trinajstić information content (AvgIpc) is 2.37. The summed E-state index contributed by atoms with van der Waals surface area (Å²) in [4.78, 5) is 15.0. The van der Waals surface area contributed by atoms with Crippen LogP contribution in [0.4, 0.5) is 5.82 Å². The fourth-order valence-electron chi connectivity index (χ4n) is 1.94. The Morgan fingerprint density at radius 2 is 1.95 bits per heavy atom. The van der Waals surface area contributed by atoms with Crippen molar-refractivity contribution in [3.8, 4) is 0 Å². The van der Waals surface area contributed by atoms with Crippen molar-refractivity contribution in [1.29, 1.82) is 0 Å². The Hall–Kier alpha value is -2.41. The molecule has 7 heteroatoms. The summed E-state index contributed by atoms with van der Waals surface area (Å²) < 4.78 is 27.0. The lowest BCUT2D eigenvalue weighted by Crippen LogP contribution is -2.17. The number of aryl methyl sites for hydroxylation is 2. The number of hydrogen-bond donors (Lipinski definition) is 2. The topological polar surface area (TPSA) is 96.4 Å². The van der Waals surface area contributed by atoms with Crippen LogP contribution in [0.3, 0.4) is 0 Å². The summed E-state index contributed by atoms with van der Waals surface area (Å²) in [6, 6.07) is 7.62. The van der Waals surface area contributed by atoms with Gasteiger partial charge in [-0.2, -0.15) is 0 Å².